The summed E-state index contributed by atoms with van der Waals surface area (Å²) in [7, 11) is 1.64. The van der Waals surface area contributed by atoms with Crippen LogP contribution in [0, 0.1) is 0 Å². The predicted octanol–water partition coefficient (Wildman–Crippen LogP) is 2.60. The molecule has 0 bridgehead atoms. The number of nitrogens with one attached hydrogen (secondary N) is 1. The maximum absolute atomic E-state index is 12.7. The molecule has 116 valence electrons. The van der Waals surface area contributed by atoms with Crippen molar-refractivity contribution in [1.29, 1.82) is 0 Å². The molecule has 1 fully saturated rings. The van der Waals surface area contributed by atoms with Crippen molar-refractivity contribution in [2.75, 3.05) is 26.7 Å². The molecule has 1 unspecified atom stereocenters. The highest BCUT2D eigenvalue weighted by Gasteiger charge is 2.26. The number of carbonyl (C=O) groups excluding carboxylic acids is 1. The third-order valence-corrected chi connectivity index (χ3v) is 4.34. The lowest BCUT2D eigenvalue weighted by atomic mass is 10.1. The second kappa shape index (κ2) is 7.80. The fourth-order valence-corrected chi connectivity index (χ4v) is 3.22. The van der Waals surface area contributed by atoms with E-state index in [2.05, 4.69) is 28.2 Å². The van der Waals surface area contributed by atoms with E-state index >= 15 is 0 Å². The van der Waals surface area contributed by atoms with Crippen LogP contribution in [0.3, 0.4) is 0 Å². The van der Waals surface area contributed by atoms with Crippen molar-refractivity contribution in [3.63, 3.8) is 0 Å². The van der Waals surface area contributed by atoms with Gasteiger partial charge in [-0.15, -0.1) is 0 Å². The van der Waals surface area contributed by atoms with E-state index in [9.17, 15) is 4.79 Å². The Balaban J connectivity index is 2.12. The van der Waals surface area contributed by atoms with Gasteiger partial charge >= 0.3 is 0 Å². The summed E-state index contributed by atoms with van der Waals surface area (Å²) in [5.41, 5.74) is 0.934. The van der Waals surface area contributed by atoms with Gasteiger partial charge in [0, 0.05) is 29.2 Å². The summed E-state index contributed by atoms with van der Waals surface area (Å²) in [6, 6.07) is 6.12. The summed E-state index contributed by atoms with van der Waals surface area (Å²) in [5, 5.41) is 3.34. The number of methoxy groups -OCH3 is 1. The molecular formula is C16H23BrN2O2. The van der Waals surface area contributed by atoms with Gasteiger partial charge in [0.15, 0.2) is 0 Å². The van der Waals surface area contributed by atoms with Gasteiger partial charge in [-0.2, -0.15) is 0 Å². The average molecular weight is 355 g/mol. The van der Waals surface area contributed by atoms with Gasteiger partial charge in [0.25, 0.3) is 0 Å². The average Bonchev–Trinajstić information content (AvgIpc) is 2.98. The van der Waals surface area contributed by atoms with E-state index in [1.807, 2.05) is 23.1 Å². The van der Waals surface area contributed by atoms with Crippen LogP contribution in [-0.2, 0) is 11.2 Å². The van der Waals surface area contributed by atoms with Gasteiger partial charge < -0.3 is 15.0 Å². The molecule has 1 aliphatic heterocycles. The molecule has 1 saturated heterocycles. The lowest BCUT2D eigenvalue weighted by Gasteiger charge is -2.28. The zero-order chi connectivity index (χ0) is 15.2. The lowest BCUT2D eigenvalue weighted by Crippen LogP contribution is -2.42. The fourth-order valence-electron chi connectivity index (χ4n) is 2.81. The number of ether oxygens (including phenoxy) is 1. The van der Waals surface area contributed by atoms with E-state index in [1.165, 1.54) is 0 Å². The van der Waals surface area contributed by atoms with Gasteiger partial charge in [-0.1, -0.05) is 22.9 Å². The number of nitrogens with zero attached hydrogens (tertiary/aromatic N) is 1. The minimum atomic E-state index is 0.182. The van der Waals surface area contributed by atoms with Crippen molar-refractivity contribution in [2.45, 2.75) is 32.2 Å². The first kappa shape index (κ1) is 16.3. The van der Waals surface area contributed by atoms with E-state index in [0.29, 0.717) is 12.5 Å². The maximum Gasteiger partial charge on any atom is 0.227 e. The second-order valence-corrected chi connectivity index (χ2v) is 6.28. The van der Waals surface area contributed by atoms with Crippen LogP contribution in [0.5, 0.6) is 5.75 Å². The monoisotopic (exact) mass is 354 g/mol. The van der Waals surface area contributed by atoms with Crippen molar-refractivity contribution in [3.8, 4) is 5.75 Å². The van der Waals surface area contributed by atoms with Crippen LogP contribution in [-0.4, -0.2) is 43.6 Å². The maximum atomic E-state index is 12.7. The summed E-state index contributed by atoms with van der Waals surface area (Å²) < 4.78 is 6.33. The first-order valence-corrected chi connectivity index (χ1v) is 8.27. The van der Waals surface area contributed by atoms with Crippen molar-refractivity contribution >= 4 is 21.8 Å². The lowest BCUT2D eigenvalue weighted by molar-refractivity contribution is -0.132. The number of benzene rings is 1. The van der Waals surface area contributed by atoms with Gasteiger partial charge in [0.2, 0.25) is 5.91 Å². The molecule has 1 N–H and O–H groups in total. The van der Waals surface area contributed by atoms with Gasteiger partial charge in [-0.05, 0) is 37.6 Å². The van der Waals surface area contributed by atoms with Crippen LogP contribution in [0.25, 0.3) is 0 Å². The molecule has 1 aromatic carbocycles. The minimum absolute atomic E-state index is 0.182. The number of halogens is 1. The smallest absolute Gasteiger partial charge is 0.227 e. The summed E-state index contributed by atoms with van der Waals surface area (Å²) in [4.78, 5) is 14.7. The second-order valence-electron chi connectivity index (χ2n) is 5.37. The zero-order valence-electron chi connectivity index (χ0n) is 12.7. The van der Waals surface area contributed by atoms with E-state index in [-0.39, 0.29) is 5.91 Å². The standard InChI is InChI=1S/C16H23BrN2O2/c1-3-8-19(14-6-7-18-11-14)16(20)10-12-9-13(17)4-5-15(12)21-2/h4-5,9,14,18H,3,6-8,10-11H2,1-2H3. The molecule has 4 nitrogen and oxygen atoms in total. The molecule has 0 saturated carbocycles. The highest BCUT2D eigenvalue weighted by atomic mass is 79.9. The molecule has 0 aromatic heterocycles. The molecule has 1 heterocycles. The first-order valence-electron chi connectivity index (χ1n) is 7.48. The molecule has 0 radical (unpaired) electrons. The van der Waals surface area contributed by atoms with Crippen molar-refractivity contribution < 1.29 is 9.53 Å². The molecule has 1 aliphatic rings. The van der Waals surface area contributed by atoms with Crippen molar-refractivity contribution in [1.82, 2.24) is 10.2 Å². The number of amides is 1. The third-order valence-electron chi connectivity index (χ3n) is 3.84. The quantitative estimate of drug-likeness (QED) is 0.853. The van der Waals surface area contributed by atoms with Crippen molar-refractivity contribution in [2.24, 2.45) is 0 Å². The van der Waals surface area contributed by atoms with Gasteiger partial charge in [-0.25, -0.2) is 0 Å². The predicted molar refractivity (Wildman–Crippen MR) is 87.7 cm³/mol. The summed E-state index contributed by atoms with van der Waals surface area (Å²) in [5.74, 6) is 0.953. The number of carbonyl (C=O) groups is 1. The van der Waals surface area contributed by atoms with Crippen LogP contribution >= 0.6 is 15.9 Å². The highest BCUT2D eigenvalue weighted by Crippen LogP contribution is 2.24. The highest BCUT2D eigenvalue weighted by molar-refractivity contribution is 9.10. The van der Waals surface area contributed by atoms with Crippen molar-refractivity contribution in [3.05, 3.63) is 28.2 Å². The Morgan fingerprint density at radius 2 is 2.33 bits per heavy atom. The van der Waals surface area contributed by atoms with Crippen LogP contribution in [0.4, 0.5) is 0 Å². The number of hydrogen-bond donors (Lipinski definition) is 1. The number of rotatable bonds is 6. The molecule has 1 atom stereocenters. The molecule has 1 aromatic rings. The topological polar surface area (TPSA) is 41.6 Å². The Morgan fingerprint density at radius 3 is 2.95 bits per heavy atom. The molecule has 1 amide bonds. The summed E-state index contributed by atoms with van der Waals surface area (Å²) in [6.45, 7) is 4.84. The van der Waals surface area contributed by atoms with Crippen LogP contribution < -0.4 is 10.1 Å². The van der Waals surface area contributed by atoms with E-state index in [0.717, 1.165) is 48.3 Å². The fraction of sp³-hybridized carbons (Fsp3) is 0.562. The molecule has 21 heavy (non-hydrogen) atoms. The van der Waals surface area contributed by atoms with Crippen LogP contribution in [0.1, 0.15) is 25.3 Å². The van der Waals surface area contributed by atoms with Gasteiger partial charge in [0.05, 0.1) is 13.5 Å². The van der Waals surface area contributed by atoms with E-state index in [1.54, 1.807) is 7.11 Å². The Bertz CT molecular complexity index is 487. The molecule has 0 spiro atoms. The summed E-state index contributed by atoms with van der Waals surface area (Å²) in [6.07, 6.45) is 2.42. The normalized spacial score (nSPS) is 17.8. The Morgan fingerprint density at radius 1 is 1.52 bits per heavy atom. The van der Waals surface area contributed by atoms with Crippen LogP contribution in [0.2, 0.25) is 0 Å². The number of hydrogen-bond acceptors (Lipinski definition) is 3. The molecule has 0 aliphatic carbocycles. The molecule has 2 rings (SSSR count). The Labute approximate surface area is 135 Å². The summed E-state index contributed by atoms with van der Waals surface area (Å²) >= 11 is 3.46. The Hall–Kier alpha value is -1.07. The van der Waals surface area contributed by atoms with Crippen LogP contribution in [0.15, 0.2) is 22.7 Å². The van der Waals surface area contributed by atoms with Gasteiger partial charge in [-0.3, -0.25) is 4.79 Å². The largest absolute Gasteiger partial charge is 0.496 e. The van der Waals surface area contributed by atoms with E-state index in [4.69, 9.17) is 4.74 Å². The van der Waals surface area contributed by atoms with E-state index < -0.39 is 0 Å². The molecule has 5 heteroatoms. The Kier molecular flexibility index (Phi) is 6.06. The molecular weight excluding hydrogens is 332 g/mol. The SMILES string of the molecule is CCCN(C(=O)Cc1cc(Br)ccc1OC)C1CCNC1. The minimum Gasteiger partial charge on any atom is -0.496 e. The van der Waals surface area contributed by atoms with Gasteiger partial charge in [0.1, 0.15) is 5.75 Å². The first-order chi connectivity index (χ1) is 10.2. The zero-order valence-corrected chi connectivity index (χ0v) is 14.3. The third kappa shape index (κ3) is 4.20.